The van der Waals surface area contributed by atoms with Crippen molar-refractivity contribution in [3.8, 4) is 0 Å². The van der Waals surface area contributed by atoms with Gasteiger partial charge in [-0.15, -0.1) is 0 Å². The van der Waals surface area contributed by atoms with Crippen molar-refractivity contribution in [2.45, 2.75) is 6.42 Å². The van der Waals surface area contributed by atoms with E-state index in [1.54, 1.807) is 6.20 Å². The first kappa shape index (κ1) is 9.03. The second-order valence-electron chi connectivity index (χ2n) is 3.84. The lowest BCUT2D eigenvalue weighted by Crippen LogP contribution is -1.93. The van der Waals surface area contributed by atoms with Gasteiger partial charge in [-0.1, -0.05) is 18.2 Å². The third-order valence-electron chi connectivity index (χ3n) is 2.79. The van der Waals surface area contributed by atoms with Gasteiger partial charge in [0.05, 0.1) is 17.6 Å². The van der Waals surface area contributed by atoms with Gasteiger partial charge in [0.2, 0.25) is 0 Å². The Kier molecular flexibility index (Phi) is 1.93. The van der Waals surface area contributed by atoms with Crippen LogP contribution >= 0.6 is 0 Å². The van der Waals surface area contributed by atoms with Gasteiger partial charge < -0.3 is 10.7 Å². The van der Waals surface area contributed by atoms with Crippen LogP contribution in [0.5, 0.6) is 0 Å². The van der Waals surface area contributed by atoms with E-state index in [4.69, 9.17) is 5.73 Å². The molecule has 0 bridgehead atoms. The van der Waals surface area contributed by atoms with E-state index < -0.39 is 0 Å². The van der Waals surface area contributed by atoms with E-state index in [-0.39, 0.29) is 0 Å². The molecule has 0 aliphatic heterocycles. The van der Waals surface area contributed by atoms with E-state index in [2.05, 4.69) is 27.3 Å². The van der Waals surface area contributed by atoms with Crippen LogP contribution in [0.3, 0.4) is 0 Å². The number of H-pyrrole nitrogens is 2. The predicted molar refractivity (Wildman–Crippen MR) is 64.1 cm³/mol. The van der Waals surface area contributed by atoms with Crippen molar-refractivity contribution in [1.29, 1.82) is 0 Å². The van der Waals surface area contributed by atoms with Crippen LogP contribution in [0.25, 0.3) is 10.9 Å². The average molecular weight is 212 g/mol. The Labute approximate surface area is 92.5 Å². The maximum atomic E-state index is 5.80. The summed E-state index contributed by atoms with van der Waals surface area (Å²) >= 11 is 0. The van der Waals surface area contributed by atoms with Gasteiger partial charge in [0.25, 0.3) is 0 Å². The van der Waals surface area contributed by atoms with Crippen molar-refractivity contribution in [3.63, 3.8) is 0 Å². The molecule has 0 radical (unpaired) electrons. The largest absolute Gasteiger partial charge is 0.396 e. The summed E-state index contributed by atoms with van der Waals surface area (Å²) in [4.78, 5) is 3.24. The van der Waals surface area contributed by atoms with E-state index in [0.717, 1.165) is 17.6 Å². The lowest BCUT2D eigenvalue weighted by molar-refractivity contribution is 1.00. The van der Waals surface area contributed by atoms with E-state index in [1.165, 1.54) is 10.9 Å². The zero-order chi connectivity index (χ0) is 11.0. The summed E-state index contributed by atoms with van der Waals surface area (Å²) in [6, 6.07) is 8.23. The molecule has 1 aromatic carbocycles. The summed E-state index contributed by atoms with van der Waals surface area (Å²) in [6.45, 7) is 0. The second kappa shape index (κ2) is 3.41. The van der Waals surface area contributed by atoms with Gasteiger partial charge in [0.15, 0.2) is 0 Å². The molecule has 16 heavy (non-hydrogen) atoms. The Morgan fingerprint density at radius 1 is 1.25 bits per heavy atom. The molecule has 0 amide bonds. The highest BCUT2D eigenvalue weighted by molar-refractivity contribution is 5.83. The minimum atomic E-state index is 0.713. The number of nitrogens with two attached hydrogens (primary N) is 1. The molecule has 4 nitrogen and oxygen atoms in total. The standard InChI is InChI=1S/C12H12N4/c13-10-7-15-16-12(10)5-8-6-14-11-4-2-1-3-9(8)11/h1-4,6-7,14H,5,13H2,(H,15,16). The van der Waals surface area contributed by atoms with Crippen LogP contribution in [0.1, 0.15) is 11.3 Å². The van der Waals surface area contributed by atoms with E-state index in [1.807, 2.05) is 18.3 Å². The molecule has 4 heteroatoms. The molecule has 0 fully saturated rings. The number of benzene rings is 1. The zero-order valence-corrected chi connectivity index (χ0v) is 8.70. The Morgan fingerprint density at radius 3 is 2.94 bits per heavy atom. The van der Waals surface area contributed by atoms with Crippen LogP contribution in [0.15, 0.2) is 36.7 Å². The van der Waals surface area contributed by atoms with E-state index in [0.29, 0.717) is 5.69 Å². The van der Waals surface area contributed by atoms with Crippen molar-refractivity contribution in [2.24, 2.45) is 0 Å². The molecule has 0 aliphatic carbocycles. The first-order chi connectivity index (χ1) is 7.84. The first-order valence-corrected chi connectivity index (χ1v) is 5.17. The van der Waals surface area contributed by atoms with Crippen LogP contribution in [-0.2, 0) is 6.42 Å². The number of aromatic amines is 2. The topological polar surface area (TPSA) is 70.5 Å². The summed E-state index contributed by atoms with van der Waals surface area (Å²) in [5, 5.41) is 8.07. The fraction of sp³-hybridized carbons (Fsp3) is 0.0833. The molecule has 0 aliphatic rings. The minimum Gasteiger partial charge on any atom is -0.396 e. The van der Waals surface area contributed by atoms with Gasteiger partial charge >= 0.3 is 0 Å². The second-order valence-corrected chi connectivity index (χ2v) is 3.84. The molecule has 0 saturated carbocycles. The Balaban J connectivity index is 2.04. The van der Waals surface area contributed by atoms with Gasteiger partial charge in [-0.25, -0.2) is 0 Å². The molecule has 0 unspecified atom stereocenters. The molecule has 3 rings (SSSR count). The fourth-order valence-electron chi connectivity index (χ4n) is 1.93. The number of fused-ring (bicyclic) bond motifs is 1. The zero-order valence-electron chi connectivity index (χ0n) is 8.70. The Morgan fingerprint density at radius 2 is 2.12 bits per heavy atom. The van der Waals surface area contributed by atoms with Crippen molar-refractivity contribution in [1.82, 2.24) is 15.2 Å². The van der Waals surface area contributed by atoms with Crippen molar-refractivity contribution in [2.75, 3.05) is 5.73 Å². The van der Waals surface area contributed by atoms with Gasteiger partial charge in [0.1, 0.15) is 0 Å². The van der Waals surface area contributed by atoms with Crippen molar-refractivity contribution >= 4 is 16.6 Å². The third-order valence-corrected chi connectivity index (χ3v) is 2.79. The highest BCUT2D eigenvalue weighted by atomic mass is 15.1. The molecular weight excluding hydrogens is 200 g/mol. The summed E-state index contributed by atoms with van der Waals surface area (Å²) < 4.78 is 0. The van der Waals surface area contributed by atoms with Gasteiger partial charge in [-0.05, 0) is 11.6 Å². The fourth-order valence-corrected chi connectivity index (χ4v) is 1.93. The molecule has 4 N–H and O–H groups in total. The van der Waals surface area contributed by atoms with Crippen LogP contribution in [0.2, 0.25) is 0 Å². The lowest BCUT2D eigenvalue weighted by Gasteiger charge is -1.98. The van der Waals surface area contributed by atoms with Gasteiger partial charge in [-0.3, -0.25) is 5.10 Å². The normalized spacial score (nSPS) is 11.0. The van der Waals surface area contributed by atoms with Crippen LogP contribution in [0, 0.1) is 0 Å². The smallest absolute Gasteiger partial charge is 0.0733 e. The van der Waals surface area contributed by atoms with E-state index in [9.17, 15) is 0 Å². The Hall–Kier alpha value is -2.23. The Bertz CT molecular complexity index is 621. The van der Waals surface area contributed by atoms with Gasteiger partial charge in [-0.2, -0.15) is 5.10 Å². The number of anilines is 1. The predicted octanol–water partition coefficient (Wildman–Crippen LogP) is 2.06. The molecule has 0 spiro atoms. The van der Waals surface area contributed by atoms with Crippen LogP contribution < -0.4 is 5.73 Å². The number of rotatable bonds is 2. The number of aromatic nitrogens is 3. The highest BCUT2D eigenvalue weighted by Gasteiger charge is 2.07. The number of hydrogen-bond acceptors (Lipinski definition) is 2. The molecule has 2 heterocycles. The molecular formula is C12H12N4. The summed E-state index contributed by atoms with van der Waals surface area (Å²) in [7, 11) is 0. The summed E-state index contributed by atoms with van der Waals surface area (Å²) in [6.07, 6.45) is 4.44. The monoisotopic (exact) mass is 212 g/mol. The lowest BCUT2D eigenvalue weighted by atomic mass is 10.1. The number of nitrogen functional groups attached to an aromatic ring is 1. The van der Waals surface area contributed by atoms with Crippen molar-refractivity contribution < 1.29 is 0 Å². The van der Waals surface area contributed by atoms with E-state index >= 15 is 0 Å². The van der Waals surface area contributed by atoms with Gasteiger partial charge in [0, 0.05) is 23.5 Å². The molecule has 0 saturated heterocycles. The maximum Gasteiger partial charge on any atom is 0.0733 e. The number of para-hydroxylation sites is 1. The number of hydrogen-bond donors (Lipinski definition) is 3. The molecule has 80 valence electrons. The molecule has 3 aromatic rings. The maximum absolute atomic E-state index is 5.80. The molecule has 2 aromatic heterocycles. The SMILES string of the molecule is Nc1cn[nH]c1Cc1c[nH]c2ccccc12. The number of nitrogens with one attached hydrogen (secondary N) is 2. The quantitative estimate of drug-likeness (QED) is 0.608. The van der Waals surface area contributed by atoms with Crippen molar-refractivity contribution in [3.05, 3.63) is 47.9 Å². The summed E-state index contributed by atoms with van der Waals surface area (Å²) in [5.41, 5.74) is 9.85. The van der Waals surface area contributed by atoms with Crippen LogP contribution in [-0.4, -0.2) is 15.2 Å². The average Bonchev–Trinajstić information content (AvgIpc) is 2.88. The summed E-state index contributed by atoms with van der Waals surface area (Å²) in [5.74, 6) is 0. The highest BCUT2D eigenvalue weighted by Crippen LogP contribution is 2.21. The minimum absolute atomic E-state index is 0.713. The number of nitrogens with zero attached hydrogens (tertiary/aromatic N) is 1. The first-order valence-electron chi connectivity index (χ1n) is 5.17. The van der Waals surface area contributed by atoms with Crippen LogP contribution in [0.4, 0.5) is 5.69 Å². The third kappa shape index (κ3) is 1.35. The molecule has 0 atom stereocenters.